The van der Waals surface area contributed by atoms with Gasteiger partial charge in [-0.3, -0.25) is 0 Å². The zero-order valence-electron chi connectivity index (χ0n) is 12.8. The van der Waals surface area contributed by atoms with Gasteiger partial charge in [-0.05, 0) is 24.6 Å². The molecule has 0 aliphatic heterocycles. The van der Waals surface area contributed by atoms with Gasteiger partial charge in [0.1, 0.15) is 11.5 Å². The highest BCUT2D eigenvalue weighted by Gasteiger charge is 2.30. The van der Waals surface area contributed by atoms with Gasteiger partial charge in [-0.25, -0.2) is 14.2 Å². The van der Waals surface area contributed by atoms with Gasteiger partial charge in [-0.2, -0.15) is 0 Å². The van der Waals surface area contributed by atoms with E-state index in [4.69, 9.17) is 9.15 Å². The van der Waals surface area contributed by atoms with Crippen LogP contribution < -0.4 is 0 Å². The number of hydrogen-bond donors (Lipinski definition) is 0. The number of aromatic nitrogens is 1. The largest absolute Gasteiger partial charge is 0.463 e. The molecule has 0 aliphatic carbocycles. The summed E-state index contributed by atoms with van der Waals surface area (Å²) in [6.07, 6.45) is 0. The minimum absolute atomic E-state index is 0.0589. The first-order valence-corrected chi connectivity index (χ1v) is 6.60. The molecule has 4 nitrogen and oxygen atoms in total. The van der Waals surface area contributed by atoms with E-state index in [2.05, 4.69) is 4.98 Å². The van der Waals surface area contributed by atoms with Crippen molar-refractivity contribution in [3.8, 4) is 11.5 Å². The topological polar surface area (TPSA) is 52.3 Å². The normalized spacial score (nSPS) is 11.5. The van der Waals surface area contributed by atoms with Gasteiger partial charge in [0.05, 0.1) is 7.11 Å². The molecule has 1 aromatic heterocycles. The van der Waals surface area contributed by atoms with Crippen LogP contribution in [-0.4, -0.2) is 18.1 Å². The molecule has 0 spiro atoms. The highest BCUT2D eigenvalue weighted by Crippen LogP contribution is 2.32. The van der Waals surface area contributed by atoms with Crippen molar-refractivity contribution in [2.75, 3.05) is 7.11 Å². The molecule has 2 aromatic rings. The molecule has 2 rings (SSSR count). The molecule has 0 saturated carbocycles. The molecule has 0 unspecified atom stereocenters. The van der Waals surface area contributed by atoms with Gasteiger partial charge in [0.25, 0.3) is 0 Å². The molecule has 0 N–H and O–H groups in total. The number of ether oxygens (including phenoxy) is 1. The lowest BCUT2D eigenvalue weighted by Crippen LogP contribution is -2.17. The van der Waals surface area contributed by atoms with Crippen LogP contribution in [0.2, 0.25) is 0 Å². The third kappa shape index (κ3) is 2.96. The van der Waals surface area contributed by atoms with Crippen molar-refractivity contribution in [1.82, 2.24) is 4.98 Å². The van der Waals surface area contributed by atoms with E-state index in [1.807, 2.05) is 27.7 Å². The van der Waals surface area contributed by atoms with E-state index >= 15 is 0 Å². The molecule has 5 heteroatoms. The van der Waals surface area contributed by atoms with E-state index in [0.717, 1.165) is 5.56 Å². The third-order valence-corrected chi connectivity index (χ3v) is 3.14. The lowest BCUT2D eigenvalue weighted by atomic mass is 9.91. The fourth-order valence-electron chi connectivity index (χ4n) is 2.00. The van der Waals surface area contributed by atoms with Crippen LogP contribution in [0.5, 0.6) is 0 Å². The van der Waals surface area contributed by atoms with Crippen molar-refractivity contribution in [1.29, 1.82) is 0 Å². The molecule has 1 aromatic carbocycles. The van der Waals surface area contributed by atoms with Gasteiger partial charge in [0, 0.05) is 11.0 Å². The molecular weight excluding hydrogens is 273 g/mol. The monoisotopic (exact) mass is 291 g/mol. The summed E-state index contributed by atoms with van der Waals surface area (Å²) in [6, 6.07) is 4.35. The quantitative estimate of drug-likeness (QED) is 0.788. The van der Waals surface area contributed by atoms with Gasteiger partial charge < -0.3 is 9.15 Å². The second-order valence-electron chi connectivity index (χ2n) is 5.90. The number of halogens is 1. The van der Waals surface area contributed by atoms with E-state index in [-0.39, 0.29) is 17.5 Å². The van der Waals surface area contributed by atoms with Crippen LogP contribution in [0, 0.1) is 12.7 Å². The maximum Gasteiger partial charge on any atom is 0.376 e. The molecular formula is C16H18FNO3. The SMILES string of the molecule is COC(=O)c1oc(-c2cc(F)ccc2C)nc1C(C)(C)C. The second kappa shape index (κ2) is 5.31. The van der Waals surface area contributed by atoms with Gasteiger partial charge in [-0.1, -0.05) is 26.8 Å². The van der Waals surface area contributed by atoms with E-state index < -0.39 is 11.4 Å². The third-order valence-electron chi connectivity index (χ3n) is 3.14. The van der Waals surface area contributed by atoms with Crippen molar-refractivity contribution < 1.29 is 18.3 Å². The average molecular weight is 291 g/mol. The first-order valence-electron chi connectivity index (χ1n) is 6.60. The van der Waals surface area contributed by atoms with Crippen molar-refractivity contribution in [2.45, 2.75) is 33.1 Å². The summed E-state index contributed by atoms with van der Waals surface area (Å²) in [4.78, 5) is 16.2. The number of benzene rings is 1. The molecule has 0 atom stereocenters. The Morgan fingerprint density at radius 2 is 2.00 bits per heavy atom. The molecule has 112 valence electrons. The summed E-state index contributed by atoms with van der Waals surface area (Å²) in [5, 5.41) is 0. The van der Waals surface area contributed by atoms with Gasteiger partial charge >= 0.3 is 5.97 Å². The van der Waals surface area contributed by atoms with E-state index in [9.17, 15) is 9.18 Å². The second-order valence-corrected chi connectivity index (χ2v) is 5.90. The fourth-order valence-corrected chi connectivity index (χ4v) is 2.00. The smallest absolute Gasteiger partial charge is 0.376 e. The molecule has 21 heavy (non-hydrogen) atoms. The Kier molecular flexibility index (Phi) is 3.85. The summed E-state index contributed by atoms with van der Waals surface area (Å²) in [6.45, 7) is 7.58. The summed E-state index contributed by atoms with van der Waals surface area (Å²) >= 11 is 0. The van der Waals surface area contributed by atoms with E-state index in [1.54, 1.807) is 6.07 Å². The molecule has 0 saturated heterocycles. The van der Waals surface area contributed by atoms with E-state index in [1.165, 1.54) is 19.2 Å². The van der Waals surface area contributed by atoms with Gasteiger partial charge in [-0.15, -0.1) is 0 Å². The summed E-state index contributed by atoms with van der Waals surface area (Å²) < 4.78 is 23.7. The van der Waals surface area contributed by atoms with Crippen LogP contribution in [0.3, 0.4) is 0 Å². The van der Waals surface area contributed by atoms with Crippen LogP contribution in [0.4, 0.5) is 4.39 Å². The molecule has 0 amide bonds. The Morgan fingerprint density at radius 1 is 1.33 bits per heavy atom. The number of rotatable bonds is 2. The highest BCUT2D eigenvalue weighted by atomic mass is 19.1. The van der Waals surface area contributed by atoms with Crippen molar-refractivity contribution >= 4 is 5.97 Å². The Balaban J connectivity index is 2.64. The van der Waals surface area contributed by atoms with Gasteiger partial charge in [0.2, 0.25) is 11.7 Å². The Bertz CT molecular complexity index is 683. The van der Waals surface area contributed by atoms with Crippen LogP contribution in [0.1, 0.15) is 42.6 Å². The number of oxazole rings is 1. The maximum atomic E-state index is 13.4. The maximum absolute atomic E-state index is 13.4. The Labute approximate surface area is 122 Å². The van der Waals surface area contributed by atoms with Crippen LogP contribution in [0.25, 0.3) is 11.5 Å². The molecule has 1 heterocycles. The van der Waals surface area contributed by atoms with Gasteiger partial charge in [0.15, 0.2) is 0 Å². The summed E-state index contributed by atoms with van der Waals surface area (Å²) in [7, 11) is 1.28. The highest BCUT2D eigenvalue weighted by molar-refractivity contribution is 5.88. The molecule has 0 fully saturated rings. The molecule has 0 radical (unpaired) electrons. The Hall–Kier alpha value is -2.17. The minimum atomic E-state index is -0.590. The standard InChI is InChI=1S/C16H18FNO3/c1-9-6-7-10(17)8-11(9)14-18-13(16(2,3)4)12(21-14)15(19)20-5/h6-8H,1-5H3. The fraction of sp³-hybridized carbons (Fsp3) is 0.375. The first kappa shape index (κ1) is 15.2. The van der Waals surface area contributed by atoms with Crippen molar-refractivity contribution in [3.63, 3.8) is 0 Å². The van der Waals surface area contributed by atoms with Crippen molar-refractivity contribution in [3.05, 3.63) is 41.0 Å². The number of esters is 1. The zero-order valence-corrected chi connectivity index (χ0v) is 12.8. The van der Waals surface area contributed by atoms with E-state index in [0.29, 0.717) is 11.3 Å². The number of carbonyl (C=O) groups excluding carboxylic acids is 1. The first-order chi connectivity index (χ1) is 9.74. The molecule has 0 aliphatic rings. The summed E-state index contributed by atoms with van der Waals surface area (Å²) in [5.74, 6) is -0.695. The van der Waals surface area contributed by atoms with Crippen LogP contribution in [0.15, 0.2) is 22.6 Å². The predicted molar refractivity (Wildman–Crippen MR) is 76.7 cm³/mol. The van der Waals surface area contributed by atoms with Crippen molar-refractivity contribution in [2.24, 2.45) is 0 Å². The number of carbonyl (C=O) groups is 1. The minimum Gasteiger partial charge on any atom is -0.463 e. The van der Waals surface area contributed by atoms with Crippen LogP contribution >= 0.6 is 0 Å². The van der Waals surface area contributed by atoms with Crippen LogP contribution in [-0.2, 0) is 10.2 Å². The predicted octanol–water partition coefficient (Wildman–Crippen LogP) is 3.87. The average Bonchev–Trinajstić information content (AvgIpc) is 2.85. The molecule has 0 bridgehead atoms. The lowest BCUT2D eigenvalue weighted by Gasteiger charge is -2.15. The Morgan fingerprint density at radius 3 is 2.57 bits per heavy atom. The summed E-state index contributed by atoms with van der Waals surface area (Å²) in [5.41, 5.74) is 1.44. The lowest BCUT2D eigenvalue weighted by molar-refractivity contribution is 0.0562. The number of hydrogen-bond acceptors (Lipinski definition) is 4. The number of methoxy groups -OCH3 is 1. The number of nitrogens with zero attached hydrogens (tertiary/aromatic N) is 1. The number of aryl methyl sites for hydroxylation is 1. The zero-order chi connectivity index (χ0) is 15.8.